The standard InChI is InChI=1S/C90H176O17P2/c1-5-9-13-17-21-25-28-31-34-37-40-41-42-45-48-51-54-57-61-65-69-73-77-90(95)107-86(81-101-88(93)75-71-67-63-59-55-52-49-46-43-38-35-32-29-26-22-18-14-10-6-2)83-105-109(98,99)103-79-84(91)78-102-108(96,97)104-82-85(80-100-87(92)74-70-66-62-58-24-20-16-12-8-4)106-89(94)76-72-68-64-60-56-53-50-47-44-39-36-33-30-27-23-19-15-11-7-3/h84-86,91H,5-83H2,1-4H3,(H,96,97)(H,98,99)/t84-,85+,86+/m0/s1. The number of unbranched alkanes of at least 4 members (excludes halogenated alkanes) is 65. The van der Waals surface area contributed by atoms with Crippen molar-refractivity contribution in [1.82, 2.24) is 0 Å². The minimum atomic E-state index is -4.97. The van der Waals surface area contributed by atoms with Gasteiger partial charge in [0.2, 0.25) is 0 Å². The zero-order chi connectivity index (χ0) is 79.6. The van der Waals surface area contributed by atoms with Crippen molar-refractivity contribution in [3.05, 3.63) is 0 Å². The summed E-state index contributed by atoms with van der Waals surface area (Å²) in [5.41, 5.74) is 0. The van der Waals surface area contributed by atoms with E-state index in [9.17, 15) is 43.2 Å². The van der Waals surface area contributed by atoms with Crippen molar-refractivity contribution < 1.29 is 80.2 Å². The van der Waals surface area contributed by atoms with Gasteiger partial charge in [-0.2, -0.15) is 0 Å². The third kappa shape index (κ3) is 83.8. The van der Waals surface area contributed by atoms with Gasteiger partial charge in [0.05, 0.1) is 26.4 Å². The van der Waals surface area contributed by atoms with Crippen molar-refractivity contribution >= 4 is 39.5 Å². The number of aliphatic hydroxyl groups excluding tert-OH is 1. The van der Waals surface area contributed by atoms with Crippen LogP contribution in [-0.4, -0.2) is 96.7 Å². The maximum absolute atomic E-state index is 13.2. The summed E-state index contributed by atoms with van der Waals surface area (Å²) in [4.78, 5) is 73.3. The predicted octanol–water partition coefficient (Wildman–Crippen LogP) is 28.1. The molecule has 648 valence electrons. The summed E-state index contributed by atoms with van der Waals surface area (Å²) >= 11 is 0. The van der Waals surface area contributed by atoms with Gasteiger partial charge in [-0.15, -0.1) is 0 Å². The first kappa shape index (κ1) is 107. The zero-order valence-electron chi connectivity index (χ0n) is 71.5. The highest BCUT2D eigenvalue weighted by Crippen LogP contribution is 2.45. The van der Waals surface area contributed by atoms with E-state index < -0.39 is 97.5 Å². The summed E-state index contributed by atoms with van der Waals surface area (Å²) in [5, 5.41) is 10.7. The fourth-order valence-electron chi connectivity index (χ4n) is 14.2. The molecule has 0 aromatic rings. The third-order valence-electron chi connectivity index (χ3n) is 21.4. The lowest BCUT2D eigenvalue weighted by Crippen LogP contribution is -2.30. The second-order valence-corrected chi connectivity index (χ2v) is 35.3. The largest absolute Gasteiger partial charge is 0.472 e. The van der Waals surface area contributed by atoms with Crippen LogP contribution in [0.25, 0.3) is 0 Å². The molecule has 0 heterocycles. The molecule has 3 N–H and O–H groups in total. The maximum Gasteiger partial charge on any atom is 0.472 e. The predicted molar refractivity (Wildman–Crippen MR) is 451 cm³/mol. The first-order valence-corrected chi connectivity index (χ1v) is 49.8. The quantitative estimate of drug-likeness (QED) is 0.0222. The molecule has 0 aliphatic rings. The van der Waals surface area contributed by atoms with Crippen molar-refractivity contribution in [3.8, 4) is 0 Å². The zero-order valence-corrected chi connectivity index (χ0v) is 73.3. The van der Waals surface area contributed by atoms with E-state index in [1.807, 2.05) is 0 Å². The molecular weight excluding hydrogens is 1410 g/mol. The average molecular weight is 1590 g/mol. The Hall–Kier alpha value is -1.94. The highest BCUT2D eigenvalue weighted by Gasteiger charge is 2.30. The van der Waals surface area contributed by atoms with Crippen molar-refractivity contribution in [1.29, 1.82) is 0 Å². The first-order valence-electron chi connectivity index (χ1n) is 46.8. The van der Waals surface area contributed by atoms with Gasteiger partial charge < -0.3 is 33.8 Å². The lowest BCUT2D eigenvalue weighted by molar-refractivity contribution is -0.161. The van der Waals surface area contributed by atoms with E-state index >= 15 is 0 Å². The fraction of sp³-hybridized carbons (Fsp3) is 0.956. The number of hydrogen-bond acceptors (Lipinski definition) is 15. The van der Waals surface area contributed by atoms with Crippen LogP contribution in [0.3, 0.4) is 0 Å². The van der Waals surface area contributed by atoms with Crippen LogP contribution in [0.1, 0.15) is 496 Å². The third-order valence-corrected chi connectivity index (χ3v) is 23.3. The van der Waals surface area contributed by atoms with Gasteiger partial charge in [0, 0.05) is 25.7 Å². The SMILES string of the molecule is CCCCCCCCCCCCCCCCCCCCCCCCC(=O)O[C@H](COC(=O)CCCCCCCCCCCCCCCCCCCCC)COP(=O)(O)OC[C@@H](O)COP(=O)(O)OC[C@@H](COC(=O)CCCCCCCCCCC)OC(=O)CCCCCCCCCCCCCCCCCCCCC. The molecule has 0 aromatic heterocycles. The molecule has 0 radical (unpaired) electrons. The number of rotatable bonds is 91. The van der Waals surface area contributed by atoms with E-state index in [2.05, 4.69) is 27.7 Å². The van der Waals surface area contributed by atoms with Gasteiger partial charge >= 0.3 is 39.5 Å². The lowest BCUT2D eigenvalue weighted by atomic mass is 10.0. The molecule has 0 aliphatic heterocycles. The highest BCUT2D eigenvalue weighted by atomic mass is 31.2. The Bertz CT molecular complexity index is 2050. The van der Waals surface area contributed by atoms with Crippen LogP contribution in [0.2, 0.25) is 0 Å². The Labute approximate surface area is 670 Å². The number of hydrogen-bond donors (Lipinski definition) is 3. The molecule has 0 saturated heterocycles. The number of esters is 4. The van der Waals surface area contributed by atoms with Crippen LogP contribution in [0.15, 0.2) is 0 Å². The number of carbonyl (C=O) groups is 4. The summed E-state index contributed by atoms with van der Waals surface area (Å²) < 4.78 is 69.0. The Morgan fingerprint density at radius 1 is 0.220 bits per heavy atom. The summed E-state index contributed by atoms with van der Waals surface area (Å²) in [6, 6.07) is 0. The van der Waals surface area contributed by atoms with Crippen LogP contribution in [0.5, 0.6) is 0 Å². The lowest BCUT2D eigenvalue weighted by Gasteiger charge is -2.21. The molecule has 19 heteroatoms. The number of phosphoric acid groups is 2. The van der Waals surface area contributed by atoms with Crippen LogP contribution in [-0.2, 0) is 65.4 Å². The second-order valence-electron chi connectivity index (χ2n) is 32.3. The topological polar surface area (TPSA) is 237 Å². The summed E-state index contributed by atoms with van der Waals surface area (Å²) in [5.74, 6) is -2.10. The summed E-state index contributed by atoms with van der Waals surface area (Å²) in [6.07, 6.45) is 80.8. The number of carbonyl (C=O) groups excluding carboxylic acids is 4. The molecule has 17 nitrogen and oxygen atoms in total. The van der Waals surface area contributed by atoms with Gasteiger partial charge in [0.25, 0.3) is 0 Å². The van der Waals surface area contributed by atoms with Crippen molar-refractivity contribution in [3.63, 3.8) is 0 Å². The summed E-state index contributed by atoms with van der Waals surface area (Å²) in [7, 11) is -9.93. The normalized spacial score (nSPS) is 13.6. The van der Waals surface area contributed by atoms with Crippen molar-refractivity contribution in [2.75, 3.05) is 39.6 Å². The molecule has 0 amide bonds. The monoisotopic (exact) mass is 1590 g/mol. The number of aliphatic hydroxyl groups is 1. The molecule has 0 bridgehead atoms. The van der Waals surface area contributed by atoms with Crippen LogP contribution < -0.4 is 0 Å². The Morgan fingerprint density at radius 2 is 0.367 bits per heavy atom. The van der Waals surface area contributed by atoms with E-state index in [4.69, 9.17) is 37.0 Å². The Kier molecular flexibility index (Phi) is 82.5. The molecule has 0 fully saturated rings. The molecule has 0 aromatic carbocycles. The van der Waals surface area contributed by atoms with Gasteiger partial charge in [-0.3, -0.25) is 37.3 Å². The van der Waals surface area contributed by atoms with E-state index in [0.717, 1.165) is 89.9 Å². The molecule has 0 rings (SSSR count). The molecule has 0 aliphatic carbocycles. The van der Waals surface area contributed by atoms with Gasteiger partial charge in [-0.05, 0) is 25.7 Å². The van der Waals surface area contributed by atoms with Crippen molar-refractivity contribution in [2.45, 2.75) is 515 Å². The van der Waals surface area contributed by atoms with Gasteiger partial charge in [0.1, 0.15) is 19.3 Å². The van der Waals surface area contributed by atoms with E-state index in [1.54, 1.807) is 0 Å². The molecule has 5 atom stereocenters. The molecule has 0 saturated carbocycles. The number of phosphoric ester groups is 2. The van der Waals surface area contributed by atoms with E-state index in [0.29, 0.717) is 25.7 Å². The highest BCUT2D eigenvalue weighted by molar-refractivity contribution is 7.47. The van der Waals surface area contributed by atoms with Crippen LogP contribution in [0.4, 0.5) is 0 Å². The van der Waals surface area contributed by atoms with E-state index in [-0.39, 0.29) is 25.7 Å². The average Bonchev–Trinajstić information content (AvgIpc) is 0.901. The Morgan fingerprint density at radius 3 is 0.541 bits per heavy atom. The molecule has 109 heavy (non-hydrogen) atoms. The molecular formula is C90H176O17P2. The number of ether oxygens (including phenoxy) is 4. The molecule has 2 unspecified atom stereocenters. The van der Waals surface area contributed by atoms with Gasteiger partial charge in [-0.25, -0.2) is 9.13 Å². The fourth-order valence-corrected chi connectivity index (χ4v) is 15.8. The second kappa shape index (κ2) is 84.0. The van der Waals surface area contributed by atoms with Gasteiger partial charge in [-0.1, -0.05) is 445 Å². The smallest absolute Gasteiger partial charge is 0.462 e. The Balaban J connectivity index is 5.19. The maximum atomic E-state index is 13.2. The van der Waals surface area contributed by atoms with E-state index in [1.165, 1.54) is 327 Å². The van der Waals surface area contributed by atoms with Crippen molar-refractivity contribution in [2.24, 2.45) is 0 Å². The van der Waals surface area contributed by atoms with Crippen LogP contribution in [0, 0.1) is 0 Å². The minimum Gasteiger partial charge on any atom is -0.462 e. The summed E-state index contributed by atoms with van der Waals surface area (Å²) in [6.45, 7) is 5.06. The first-order chi connectivity index (χ1) is 53.2. The van der Waals surface area contributed by atoms with Crippen LogP contribution >= 0.6 is 15.6 Å². The molecule has 0 spiro atoms. The van der Waals surface area contributed by atoms with Gasteiger partial charge in [0.15, 0.2) is 12.2 Å². The minimum absolute atomic E-state index is 0.109.